The molecule has 25 heavy (non-hydrogen) atoms. The summed E-state index contributed by atoms with van der Waals surface area (Å²) < 4.78 is 31.8. The van der Waals surface area contributed by atoms with Crippen molar-refractivity contribution in [3.05, 3.63) is 59.9 Å². The van der Waals surface area contributed by atoms with Crippen molar-refractivity contribution < 1.29 is 18.4 Å². The zero-order chi connectivity index (χ0) is 18.1. The smallest absolute Gasteiger partial charge is 0.494 e. The Morgan fingerprint density at radius 1 is 0.960 bits per heavy atom. The van der Waals surface area contributed by atoms with E-state index >= 15 is 0 Å². The van der Waals surface area contributed by atoms with Crippen molar-refractivity contribution >= 4 is 12.6 Å². The molecule has 132 valence electrons. The average molecular weight is 342 g/mol. The van der Waals surface area contributed by atoms with Crippen LogP contribution in [0.3, 0.4) is 0 Å². The molecule has 2 aromatic rings. The Morgan fingerprint density at radius 2 is 1.60 bits per heavy atom. The third-order valence-electron chi connectivity index (χ3n) is 4.97. The maximum atomic E-state index is 13.8. The molecule has 3 rings (SSSR count). The fraction of sp³-hybridized carbons (Fsp3) is 0.400. The van der Waals surface area contributed by atoms with E-state index in [-0.39, 0.29) is 5.82 Å². The SMILES string of the molecule is CC1(C)OB(c2cc(F)ccc2OCCc2ccccc2)OC1(C)C. The minimum absolute atomic E-state index is 0.333. The molecule has 0 aliphatic carbocycles. The second-order valence-electron chi connectivity index (χ2n) is 7.35. The molecular weight excluding hydrogens is 318 g/mol. The second kappa shape index (κ2) is 6.81. The van der Waals surface area contributed by atoms with Crippen LogP contribution in [0.15, 0.2) is 48.5 Å². The van der Waals surface area contributed by atoms with E-state index in [9.17, 15) is 4.39 Å². The van der Waals surface area contributed by atoms with Crippen LogP contribution in [-0.4, -0.2) is 24.9 Å². The Hall–Kier alpha value is -1.85. The van der Waals surface area contributed by atoms with E-state index in [4.69, 9.17) is 14.0 Å². The number of hydrogen-bond acceptors (Lipinski definition) is 3. The van der Waals surface area contributed by atoms with Crippen LogP contribution >= 0.6 is 0 Å². The van der Waals surface area contributed by atoms with E-state index in [1.807, 2.05) is 45.9 Å². The van der Waals surface area contributed by atoms with Gasteiger partial charge in [0.1, 0.15) is 11.6 Å². The molecule has 5 heteroatoms. The van der Waals surface area contributed by atoms with Crippen LogP contribution < -0.4 is 10.2 Å². The van der Waals surface area contributed by atoms with Crippen molar-refractivity contribution in [3.8, 4) is 5.75 Å². The van der Waals surface area contributed by atoms with Gasteiger partial charge < -0.3 is 14.0 Å². The lowest BCUT2D eigenvalue weighted by atomic mass is 9.78. The van der Waals surface area contributed by atoms with Gasteiger partial charge in [-0.25, -0.2) is 4.39 Å². The molecule has 1 aliphatic heterocycles. The number of halogens is 1. The quantitative estimate of drug-likeness (QED) is 0.775. The summed E-state index contributed by atoms with van der Waals surface area (Å²) in [6.45, 7) is 8.40. The highest BCUT2D eigenvalue weighted by Gasteiger charge is 2.52. The van der Waals surface area contributed by atoms with Crippen LogP contribution in [0.2, 0.25) is 0 Å². The van der Waals surface area contributed by atoms with Gasteiger partial charge in [0.2, 0.25) is 0 Å². The lowest BCUT2D eigenvalue weighted by Crippen LogP contribution is -2.41. The molecule has 0 amide bonds. The van der Waals surface area contributed by atoms with E-state index < -0.39 is 18.3 Å². The summed E-state index contributed by atoms with van der Waals surface area (Å²) in [5.74, 6) is 0.260. The van der Waals surface area contributed by atoms with Crippen LogP contribution in [0, 0.1) is 5.82 Å². The molecule has 0 unspecified atom stereocenters. The standard InChI is InChI=1S/C20H24BFO3/c1-19(2)20(3,4)25-21(24-19)17-14-16(22)10-11-18(17)23-13-12-15-8-6-5-7-9-15/h5-11,14H,12-13H2,1-4H3. The van der Waals surface area contributed by atoms with E-state index in [2.05, 4.69) is 12.1 Å². The fourth-order valence-electron chi connectivity index (χ4n) is 2.73. The summed E-state index contributed by atoms with van der Waals surface area (Å²) in [6, 6.07) is 14.6. The van der Waals surface area contributed by atoms with Gasteiger partial charge in [0, 0.05) is 11.9 Å². The molecule has 1 aliphatic rings. The largest absolute Gasteiger partial charge is 0.498 e. The maximum absolute atomic E-state index is 13.8. The minimum atomic E-state index is -0.646. The number of hydrogen-bond donors (Lipinski definition) is 0. The number of rotatable bonds is 5. The Kier molecular flexibility index (Phi) is 4.89. The van der Waals surface area contributed by atoms with Crippen molar-refractivity contribution in [2.24, 2.45) is 0 Å². The van der Waals surface area contributed by atoms with Crippen molar-refractivity contribution in [1.29, 1.82) is 0 Å². The molecule has 0 N–H and O–H groups in total. The number of benzene rings is 2. The Labute approximate surface area is 149 Å². The molecule has 0 radical (unpaired) electrons. The lowest BCUT2D eigenvalue weighted by Gasteiger charge is -2.32. The summed E-state index contributed by atoms with van der Waals surface area (Å²) in [6.07, 6.45) is 0.779. The summed E-state index contributed by atoms with van der Waals surface area (Å²) >= 11 is 0. The Balaban J connectivity index is 1.75. The van der Waals surface area contributed by atoms with Gasteiger partial charge in [0.15, 0.2) is 0 Å². The summed E-state index contributed by atoms with van der Waals surface area (Å²) in [4.78, 5) is 0. The monoisotopic (exact) mass is 342 g/mol. The first-order valence-corrected chi connectivity index (χ1v) is 8.60. The first-order chi connectivity index (χ1) is 11.8. The van der Waals surface area contributed by atoms with E-state index in [1.165, 1.54) is 17.7 Å². The van der Waals surface area contributed by atoms with Gasteiger partial charge in [-0.15, -0.1) is 0 Å². The summed E-state index contributed by atoms with van der Waals surface area (Å²) in [7, 11) is -0.646. The Morgan fingerprint density at radius 3 is 2.24 bits per heavy atom. The molecule has 1 heterocycles. The van der Waals surface area contributed by atoms with Gasteiger partial charge in [-0.05, 0) is 51.5 Å². The van der Waals surface area contributed by atoms with Crippen LogP contribution in [0.5, 0.6) is 5.75 Å². The van der Waals surface area contributed by atoms with Crippen molar-refractivity contribution in [2.75, 3.05) is 6.61 Å². The van der Waals surface area contributed by atoms with Gasteiger partial charge in [0.05, 0.1) is 17.8 Å². The van der Waals surface area contributed by atoms with E-state index in [0.29, 0.717) is 17.8 Å². The molecule has 1 fully saturated rings. The Bertz CT molecular complexity index is 715. The molecule has 0 bridgehead atoms. The first-order valence-electron chi connectivity index (χ1n) is 8.60. The molecule has 0 atom stereocenters. The normalized spacial score (nSPS) is 18.4. The summed E-state index contributed by atoms with van der Waals surface area (Å²) in [5, 5.41) is 0. The highest BCUT2D eigenvalue weighted by Crippen LogP contribution is 2.37. The highest BCUT2D eigenvalue weighted by atomic mass is 19.1. The molecule has 2 aromatic carbocycles. The van der Waals surface area contributed by atoms with Gasteiger partial charge in [-0.3, -0.25) is 0 Å². The molecule has 3 nitrogen and oxygen atoms in total. The van der Waals surface area contributed by atoms with E-state index in [0.717, 1.165) is 6.42 Å². The predicted molar refractivity (Wildman–Crippen MR) is 97.8 cm³/mol. The van der Waals surface area contributed by atoms with Crippen LogP contribution in [0.4, 0.5) is 4.39 Å². The second-order valence-corrected chi connectivity index (χ2v) is 7.35. The molecular formula is C20H24BFO3. The molecule has 0 saturated carbocycles. The summed E-state index contributed by atoms with van der Waals surface area (Å²) in [5.41, 5.74) is 0.824. The maximum Gasteiger partial charge on any atom is 0.498 e. The predicted octanol–water partition coefficient (Wildman–Crippen LogP) is 3.75. The zero-order valence-corrected chi connectivity index (χ0v) is 15.2. The van der Waals surface area contributed by atoms with Gasteiger partial charge in [-0.1, -0.05) is 30.3 Å². The highest BCUT2D eigenvalue weighted by molar-refractivity contribution is 6.63. The van der Waals surface area contributed by atoms with Crippen molar-refractivity contribution in [3.63, 3.8) is 0 Å². The first kappa shape index (κ1) is 18.0. The topological polar surface area (TPSA) is 27.7 Å². The molecule has 0 aromatic heterocycles. The number of ether oxygens (including phenoxy) is 1. The molecule has 1 saturated heterocycles. The van der Waals surface area contributed by atoms with Gasteiger partial charge >= 0.3 is 7.12 Å². The third kappa shape index (κ3) is 3.88. The zero-order valence-electron chi connectivity index (χ0n) is 15.2. The van der Waals surface area contributed by atoms with Gasteiger partial charge in [0.25, 0.3) is 0 Å². The lowest BCUT2D eigenvalue weighted by molar-refractivity contribution is 0.00578. The van der Waals surface area contributed by atoms with Crippen molar-refractivity contribution in [1.82, 2.24) is 0 Å². The van der Waals surface area contributed by atoms with Crippen molar-refractivity contribution in [2.45, 2.75) is 45.3 Å². The van der Waals surface area contributed by atoms with E-state index in [1.54, 1.807) is 6.07 Å². The minimum Gasteiger partial charge on any atom is -0.494 e. The third-order valence-corrected chi connectivity index (χ3v) is 4.97. The fourth-order valence-corrected chi connectivity index (χ4v) is 2.73. The van der Waals surface area contributed by atoms with Crippen LogP contribution in [0.25, 0.3) is 0 Å². The molecule has 0 spiro atoms. The van der Waals surface area contributed by atoms with Crippen LogP contribution in [-0.2, 0) is 15.7 Å². The van der Waals surface area contributed by atoms with Gasteiger partial charge in [-0.2, -0.15) is 0 Å². The average Bonchev–Trinajstić information content (AvgIpc) is 2.78. The van der Waals surface area contributed by atoms with Crippen LogP contribution in [0.1, 0.15) is 33.3 Å².